The molecule has 0 unspecified atom stereocenters. The standard InChI is InChI=1S/C21H22N4O5/c1-11-10-12(25(29)30)7-8-13(11)23-19(27)15-14-6-5-9-22-24(14)17(16(15)20(23)28)18(26)21(2,3)4/h5-10,14-17H,1-4H3/t14-,15-,16-,17+/m0/s1. The highest BCUT2D eigenvalue weighted by Gasteiger charge is 2.64. The van der Waals surface area contributed by atoms with Gasteiger partial charge in [-0.25, -0.2) is 4.90 Å². The highest BCUT2D eigenvalue weighted by atomic mass is 16.6. The van der Waals surface area contributed by atoms with Gasteiger partial charge in [-0.05, 0) is 24.6 Å². The normalized spacial score (nSPS) is 27.5. The summed E-state index contributed by atoms with van der Waals surface area (Å²) in [5, 5.41) is 16.9. The number of hydrazone groups is 1. The van der Waals surface area contributed by atoms with E-state index in [1.807, 2.05) is 0 Å². The maximum absolute atomic E-state index is 13.5. The number of rotatable bonds is 3. The lowest BCUT2D eigenvalue weighted by molar-refractivity contribution is -0.384. The Bertz CT molecular complexity index is 1040. The summed E-state index contributed by atoms with van der Waals surface area (Å²) >= 11 is 0. The van der Waals surface area contributed by atoms with Gasteiger partial charge in [-0.3, -0.25) is 29.5 Å². The molecule has 0 aromatic heterocycles. The smallest absolute Gasteiger partial charge is 0.269 e. The summed E-state index contributed by atoms with van der Waals surface area (Å²) in [5.74, 6) is -2.64. The number of hydrogen-bond acceptors (Lipinski definition) is 7. The van der Waals surface area contributed by atoms with Crippen molar-refractivity contribution >= 4 is 35.2 Å². The van der Waals surface area contributed by atoms with Gasteiger partial charge in [-0.2, -0.15) is 5.10 Å². The monoisotopic (exact) mass is 410 g/mol. The molecule has 0 radical (unpaired) electrons. The van der Waals surface area contributed by atoms with Gasteiger partial charge in [0.2, 0.25) is 11.8 Å². The second-order valence-corrected chi connectivity index (χ2v) is 8.87. The molecular formula is C21H22N4O5. The van der Waals surface area contributed by atoms with Crippen LogP contribution < -0.4 is 4.90 Å². The number of anilines is 1. The van der Waals surface area contributed by atoms with Crippen LogP contribution in [0.5, 0.6) is 0 Å². The van der Waals surface area contributed by atoms with E-state index in [2.05, 4.69) is 5.10 Å². The van der Waals surface area contributed by atoms with Crippen LogP contribution in [0.25, 0.3) is 0 Å². The number of nitro groups is 1. The zero-order valence-corrected chi connectivity index (χ0v) is 17.1. The van der Waals surface area contributed by atoms with Gasteiger partial charge in [0.05, 0.1) is 28.5 Å². The van der Waals surface area contributed by atoms with Crippen molar-refractivity contribution in [3.8, 4) is 0 Å². The van der Waals surface area contributed by atoms with Gasteiger partial charge in [0.25, 0.3) is 5.69 Å². The van der Waals surface area contributed by atoms with Crippen LogP contribution in [0.4, 0.5) is 11.4 Å². The summed E-state index contributed by atoms with van der Waals surface area (Å²) in [7, 11) is 0. The Kier molecular flexibility index (Phi) is 4.37. The fourth-order valence-corrected chi connectivity index (χ4v) is 4.52. The fourth-order valence-electron chi connectivity index (χ4n) is 4.52. The van der Waals surface area contributed by atoms with E-state index in [1.54, 1.807) is 51.1 Å². The molecule has 1 aromatic rings. The minimum atomic E-state index is -0.858. The Balaban J connectivity index is 1.79. The van der Waals surface area contributed by atoms with Crippen molar-refractivity contribution in [2.45, 2.75) is 39.8 Å². The van der Waals surface area contributed by atoms with Crippen LogP contribution in [0, 0.1) is 34.3 Å². The lowest BCUT2D eigenvalue weighted by Gasteiger charge is -2.33. The number of benzene rings is 1. The summed E-state index contributed by atoms with van der Waals surface area (Å²) in [6, 6.07) is 2.68. The molecule has 2 saturated heterocycles. The first kappa shape index (κ1) is 19.9. The van der Waals surface area contributed by atoms with Crippen LogP contribution in [-0.2, 0) is 14.4 Å². The summed E-state index contributed by atoms with van der Waals surface area (Å²) in [4.78, 5) is 51.7. The Morgan fingerprint density at radius 1 is 1.17 bits per heavy atom. The maximum atomic E-state index is 13.5. The summed E-state index contributed by atoms with van der Waals surface area (Å²) < 4.78 is 0. The highest BCUT2D eigenvalue weighted by Crippen LogP contribution is 2.47. The van der Waals surface area contributed by atoms with E-state index in [4.69, 9.17) is 0 Å². The molecule has 3 aliphatic heterocycles. The largest absolute Gasteiger partial charge is 0.297 e. The van der Waals surface area contributed by atoms with E-state index in [1.165, 1.54) is 18.2 Å². The molecule has 3 heterocycles. The first-order valence-corrected chi connectivity index (χ1v) is 9.70. The molecular weight excluding hydrogens is 388 g/mol. The van der Waals surface area contributed by atoms with Crippen LogP contribution in [0.1, 0.15) is 26.3 Å². The SMILES string of the molecule is Cc1cc([N+](=O)[O-])ccc1N1C(=O)[C@@H]2[C@H](C1=O)[C@H](C(=O)C(C)(C)C)N1N=CC=C[C@@H]21. The average Bonchev–Trinajstić information content (AvgIpc) is 3.14. The number of hydrogen-bond donors (Lipinski definition) is 0. The van der Waals surface area contributed by atoms with Crippen LogP contribution >= 0.6 is 0 Å². The predicted molar refractivity (Wildman–Crippen MR) is 109 cm³/mol. The molecule has 3 aliphatic rings. The predicted octanol–water partition coefficient (Wildman–Crippen LogP) is 2.23. The second-order valence-electron chi connectivity index (χ2n) is 8.87. The molecule has 0 N–H and O–H groups in total. The number of nitrogens with zero attached hydrogens (tertiary/aromatic N) is 4. The number of fused-ring (bicyclic) bond motifs is 3. The molecule has 4 rings (SSSR count). The number of Topliss-reactive ketones (excluding diaryl/α,β-unsaturated/α-hetero) is 1. The maximum Gasteiger partial charge on any atom is 0.269 e. The Morgan fingerprint density at radius 2 is 1.83 bits per heavy atom. The topological polar surface area (TPSA) is 113 Å². The van der Waals surface area contributed by atoms with E-state index in [0.29, 0.717) is 11.3 Å². The first-order valence-electron chi connectivity index (χ1n) is 9.70. The minimum absolute atomic E-state index is 0.118. The fraction of sp³-hybridized carbons (Fsp3) is 0.429. The van der Waals surface area contributed by atoms with E-state index in [9.17, 15) is 24.5 Å². The van der Waals surface area contributed by atoms with Gasteiger partial charge >= 0.3 is 0 Å². The van der Waals surface area contributed by atoms with Gasteiger partial charge < -0.3 is 0 Å². The summed E-state index contributed by atoms with van der Waals surface area (Å²) in [5.41, 5.74) is -0.0895. The van der Waals surface area contributed by atoms with E-state index in [0.717, 1.165) is 4.90 Å². The van der Waals surface area contributed by atoms with Gasteiger partial charge in [0.15, 0.2) is 5.78 Å². The first-order chi connectivity index (χ1) is 14.0. The van der Waals surface area contributed by atoms with Gasteiger partial charge in [0, 0.05) is 23.8 Å². The Hall–Kier alpha value is -3.36. The highest BCUT2D eigenvalue weighted by molar-refractivity contribution is 6.24. The van der Waals surface area contributed by atoms with Gasteiger partial charge in [0.1, 0.15) is 6.04 Å². The van der Waals surface area contributed by atoms with Gasteiger partial charge in [-0.1, -0.05) is 26.8 Å². The van der Waals surface area contributed by atoms with E-state index >= 15 is 0 Å². The molecule has 9 heteroatoms. The number of allylic oxidation sites excluding steroid dienone is 1. The molecule has 0 saturated carbocycles. The Morgan fingerprint density at radius 3 is 2.43 bits per heavy atom. The molecule has 4 atom stereocenters. The third-order valence-corrected chi connectivity index (χ3v) is 5.93. The molecule has 156 valence electrons. The molecule has 30 heavy (non-hydrogen) atoms. The van der Waals surface area contributed by atoms with Crippen molar-refractivity contribution in [3.63, 3.8) is 0 Å². The van der Waals surface area contributed by atoms with E-state index in [-0.39, 0.29) is 11.5 Å². The van der Waals surface area contributed by atoms with Crippen LogP contribution in [0.2, 0.25) is 0 Å². The Labute approximate surface area is 173 Å². The number of carbonyl (C=O) groups excluding carboxylic acids is 3. The van der Waals surface area contributed by atoms with Crippen molar-refractivity contribution in [1.82, 2.24) is 5.01 Å². The lowest BCUT2D eigenvalue weighted by Crippen LogP contribution is -2.49. The number of nitro benzene ring substituents is 1. The van der Waals surface area contributed by atoms with Crippen LogP contribution in [0.3, 0.4) is 0 Å². The third kappa shape index (κ3) is 2.76. The molecule has 9 nitrogen and oxygen atoms in total. The second kappa shape index (κ2) is 6.58. The summed E-state index contributed by atoms with van der Waals surface area (Å²) in [6.45, 7) is 6.95. The lowest BCUT2D eigenvalue weighted by atomic mass is 9.80. The zero-order chi connectivity index (χ0) is 22.0. The molecule has 0 spiro atoms. The molecule has 0 bridgehead atoms. The average molecular weight is 410 g/mol. The molecule has 1 aromatic carbocycles. The number of imide groups is 1. The minimum Gasteiger partial charge on any atom is -0.297 e. The molecule has 2 amide bonds. The number of aryl methyl sites for hydroxylation is 1. The number of non-ortho nitro benzene ring substituents is 1. The van der Waals surface area contributed by atoms with Crippen molar-refractivity contribution in [3.05, 3.63) is 46.0 Å². The molecule has 2 fully saturated rings. The van der Waals surface area contributed by atoms with Crippen molar-refractivity contribution < 1.29 is 19.3 Å². The third-order valence-electron chi connectivity index (χ3n) is 5.93. The van der Waals surface area contributed by atoms with Crippen molar-refractivity contribution in [2.24, 2.45) is 22.4 Å². The van der Waals surface area contributed by atoms with Crippen LogP contribution in [-0.4, -0.2) is 45.8 Å². The number of amides is 2. The zero-order valence-electron chi connectivity index (χ0n) is 17.1. The quantitative estimate of drug-likeness (QED) is 0.429. The molecule has 0 aliphatic carbocycles. The van der Waals surface area contributed by atoms with Gasteiger partial charge in [-0.15, -0.1) is 0 Å². The van der Waals surface area contributed by atoms with E-state index < -0.39 is 46.1 Å². The van der Waals surface area contributed by atoms with Crippen LogP contribution in [0.15, 0.2) is 35.5 Å². The van der Waals surface area contributed by atoms with Crippen molar-refractivity contribution in [2.75, 3.05) is 4.90 Å². The summed E-state index contributed by atoms with van der Waals surface area (Å²) in [6.07, 6.45) is 5.05. The number of carbonyl (C=O) groups is 3. The van der Waals surface area contributed by atoms with Crippen molar-refractivity contribution in [1.29, 1.82) is 0 Å². The number of ketones is 1.